The molecule has 0 aliphatic heterocycles. The molecule has 0 fully saturated rings. The number of hydrogen-bond donors (Lipinski definition) is 1. The first-order valence-electron chi connectivity index (χ1n) is 7.97. The topological polar surface area (TPSA) is 64.6 Å². The molecule has 0 radical (unpaired) electrons. The third kappa shape index (κ3) is 4.97. The highest BCUT2D eigenvalue weighted by Gasteiger charge is 2.16. The van der Waals surface area contributed by atoms with Crippen LogP contribution in [0.3, 0.4) is 0 Å². The SMILES string of the molecule is CCOc1ccc(Oc2ccc(S(=O)(=O)NC(C)CC)cc2)cc1. The highest BCUT2D eigenvalue weighted by molar-refractivity contribution is 7.89. The lowest BCUT2D eigenvalue weighted by Gasteiger charge is -2.12. The number of rotatable bonds is 8. The van der Waals surface area contributed by atoms with Gasteiger partial charge in [-0.1, -0.05) is 6.92 Å². The fourth-order valence-electron chi connectivity index (χ4n) is 2.01. The molecule has 0 aromatic heterocycles. The maximum atomic E-state index is 12.2. The molecule has 0 saturated heterocycles. The molecule has 6 heteroatoms. The quantitative estimate of drug-likeness (QED) is 0.783. The van der Waals surface area contributed by atoms with Crippen molar-refractivity contribution in [3.05, 3.63) is 48.5 Å². The van der Waals surface area contributed by atoms with Crippen molar-refractivity contribution in [3.63, 3.8) is 0 Å². The van der Waals surface area contributed by atoms with E-state index in [9.17, 15) is 8.42 Å². The van der Waals surface area contributed by atoms with Crippen LogP contribution in [0.2, 0.25) is 0 Å². The minimum Gasteiger partial charge on any atom is -0.494 e. The van der Waals surface area contributed by atoms with Crippen LogP contribution in [0.25, 0.3) is 0 Å². The van der Waals surface area contributed by atoms with E-state index < -0.39 is 10.0 Å². The Morgan fingerprint density at radius 2 is 1.42 bits per heavy atom. The second-order valence-electron chi connectivity index (χ2n) is 5.41. The molecule has 0 saturated carbocycles. The highest BCUT2D eigenvalue weighted by atomic mass is 32.2. The number of ether oxygens (including phenoxy) is 2. The lowest BCUT2D eigenvalue weighted by molar-refractivity contribution is 0.339. The maximum Gasteiger partial charge on any atom is 0.240 e. The predicted octanol–water partition coefficient (Wildman–Crippen LogP) is 3.95. The van der Waals surface area contributed by atoms with Crippen LogP contribution in [0, 0.1) is 0 Å². The molecule has 0 bridgehead atoms. The van der Waals surface area contributed by atoms with E-state index in [2.05, 4.69) is 4.72 Å². The number of nitrogens with one attached hydrogen (secondary N) is 1. The minimum absolute atomic E-state index is 0.102. The Morgan fingerprint density at radius 1 is 0.917 bits per heavy atom. The van der Waals surface area contributed by atoms with Gasteiger partial charge in [-0.15, -0.1) is 0 Å². The van der Waals surface area contributed by atoms with Gasteiger partial charge in [0.05, 0.1) is 11.5 Å². The Balaban J connectivity index is 2.06. The molecule has 5 nitrogen and oxygen atoms in total. The summed E-state index contributed by atoms with van der Waals surface area (Å²) in [5, 5.41) is 0. The average Bonchev–Trinajstić information content (AvgIpc) is 2.57. The highest BCUT2D eigenvalue weighted by Crippen LogP contribution is 2.25. The van der Waals surface area contributed by atoms with Crippen molar-refractivity contribution in [2.75, 3.05) is 6.61 Å². The van der Waals surface area contributed by atoms with Gasteiger partial charge < -0.3 is 9.47 Å². The van der Waals surface area contributed by atoms with E-state index in [4.69, 9.17) is 9.47 Å². The molecule has 2 aromatic rings. The van der Waals surface area contributed by atoms with Gasteiger partial charge in [0.15, 0.2) is 0 Å². The molecular formula is C18H23NO4S. The van der Waals surface area contributed by atoms with Crippen LogP contribution >= 0.6 is 0 Å². The standard InChI is InChI=1S/C18H23NO4S/c1-4-14(3)19-24(20,21)18-12-10-17(11-13-18)23-16-8-6-15(7-9-16)22-5-2/h6-14,19H,4-5H2,1-3H3. The number of benzene rings is 2. The van der Waals surface area contributed by atoms with Crippen LogP contribution in [0.15, 0.2) is 53.4 Å². The first-order chi connectivity index (χ1) is 11.4. The summed E-state index contributed by atoms with van der Waals surface area (Å²) in [6.45, 7) is 6.30. The second kappa shape index (κ2) is 8.17. The van der Waals surface area contributed by atoms with Crippen molar-refractivity contribution < 1.29 is 17.9 Å². The van der Waals surface area contributed by atoms with E-state index in [0.717, 1.165) is 12.2 Å². The van der Waals surface area contributed by atoms with Crippen molar-refractivity contribution in [2.45, 2.75) is 38.1 Å². The second-order valence-corrected chi connectivity index (χ2v) is 7.12. The zero-order valence-electron chi connectivity index (χ0n) is 14.2. The van der Waals surface area contributed by atoms with Crippen molar-refractivity contribution in [3.8, 4) is 17.2 Å². The molecular weight excluding hydrogens is 326 g/mol. The largest absolute Gasteiger partial charge is 0.494 e. The molecule has 2 rings (SSSR count). The zero-order chi connectivity index (χ0) is 17.6. The van der Waals surface area contributed by atoms with Gasteiger partial charge in [-0.25, -0.2) is 13.1 Å². The van der Waals surface area contributed by atoms with E-state index in [1.165, 1.54) is 12.1 Å². The number of hydrogen-bond acceptors (Lipinski definition) is 4. The lowest BCUT2D eigenvalue weighted by atomic mass is 10.3. The van der Waals surface area contributed by atoms with Crippen LogP contribution in [-0.4, -0.2) is 21.1 Å². The van der Waals surface area contributed by atoms with Crippen molar-refractivity contribution in [1.29, 1.82) is 0 Å². The molecule has 1 atom stereocenters. The Bertz CT molecular complexity index is 740. The van der Waals surface area contributed by atoms with E-state index in [1.54, 1.807) is 24.3 Å². The van der Waals surface area contributed by atoms with Crippen LogP contribution in [-0.2, 0) is 10.0 Å². The molecule has 1 N–H and O–H groups in total. The van der Waals surface area contributed by atoms with E-state index in [1.807, 2.05) is 32.9 Å². The first-order valence-corrected chi connectivity index (χ1v) is 9.46. The fraction of sp³-hybridized carbons (Fsp3) is 0.333. The summed E-state index contributed by atoms with van der Waals surface area (Å²) in [6, 6.07) is 13.5. The Kier molecular flexibility index (Phi) is 6.23. The van der Waals surface area contributed by atoms with E-state index in [0.29, 0.717) is 18.1 Å². The molecule has 0 amide bonds. The van der Waals surface area contributed by atoms with Gasteiger partial charge >= 0.3 is 0 Å². The fourth-order valence-corrected chi connectivity index (χ4v) is 3.34. The maximum absolute atomic E-state index is 12.2. The average molecular weight is 349 g/mol. The molecule has 0 heterocycles. The van der Waals surface area contributed by atoms with Crippen molar-refractivity contribution in [2.24, 2.45) is 0 Å². The number of sulfonamides is 1. The molecule has 0 aliphatic rings. The Labute approximate surface area is 143 Å². The summed E-state index contributed by atoms with van der Waals surface area (Å²) in [6.07, 6.45) is 0.734. The summed E-state index contributed by atoms with van der Waals surface area (Å²) in [5.74, 6) is 2.01. The summed E-state index contributed by atoms with van der Waals surface area (Å²) >= 11 is 0. The smallest absolute Gasteiger partial charge is 0.240 e. The normalized spacial score (nSPS) is 12.6. The predicted molar refractivity (Wildman–Crippen MR) is 94.2 cm³/mol. The molecule has 0 spiro atoms. The summed E-state index contributed by atoms with van der Waals surface area (Å²) in [5.41, 5.74) is 0. The van der Waals surface area contributed by atoms with Crippen LogP contribution in [0.4, 0.5) is 0 Å². The molecule has 2 aromatic carbocycles. The van der Waals surface area contributed by atoms with Crippen LogP contribution < -0.4 is 14.2 Å². The lowest BCUT2D eigenvalue weighted by Crippen LogP contribution is -2.31. The summed E-state index contributed by atoms with van der Waals surface area (Å²) in [7, 11) is -3.50. The van der Waals surface area contributed by atoms with Gasteiger partial charge in [0.2, 0.25) is 10.0 Å². The van der Waals surface area contributed by atoms with Crippen molar-refractivity contribution >= 4 is 10.0 Å². The Morgan fingerprint density at radius 3 is 1.92 bits per heavy atom. The van der Waals surface area contributed by atoms with Gasteiger partial charge in [-0.05, 0) is 68.8 Å². The summed E-state index contributed by atoms with van der Waals surface area (Å²) in [4.78, 5) is 0.224. The van der Waals surface area contributed by atoms with Crippen LogP contribution in [0.1, 0.15) is 27.2 Å². The van der Waals surface area contributed by atoms with Gasteiger partial charge in [-0.2, -0.15) is 0 Å². The minimum atomic E-state index is -3.50. The van der Waals surface area contributed by atoms with Crippen LogP contribution in [0.5, 0.6) is 17.2 Å². The van der Waals surface area contributed by atoms with Gasteiger partial charge in [0.25, 0.3) is 0 Å². The zero-order valence-corrected chi connectivity index (χ0v) is 15.0. The molecule has 0 aliphatic carbocycles. The first kappa shape index (κ1) is 18.3. The third-order valence-electron chi connectivity index (χ3n) is 3.47. The molecule has 130 valence electrons. The monoisotopic (exact) mass is 349 g/mol. The molecule has 1 unspecified atom stereocenters. The Hall–Kier alpha value is -2.05. The summed E-state index contributed by atoms with van der Waals surface area (Å²) < 4.78 is 38.1. The third-order valence-corrected chi connectivity index (χ3v) is 5.08. The van der Waals surface area contributed by atoms with E-state index >= 15 is 0 Å². The molecule has 24 heavy (non-hydrogen) atoms. The van der Waals surface area contributed by atoms with Gasteiger partial charge in [0.1, 0.15) is 17.2 Å². The van der Waals surface area contributed by atoms with E-state index in [-0.39, 0.29) is 10.9 Å². The van der Waals surface area contributed by atoms with Gasteiger partial charge in [0, 0.05) is 6.04 Å². The van der Waals surface area contributed by atoms with Gasteiger partial charge in [-0.3, -0.25) is 0 Å². The van der Waals surface area contributed by atoms with Crippen molar-refractivity contribution in [1.82, 2.24) is 4.72 Å².